The zero-order chi connectivity index (χ0) is 41.0. The third kappa shape index (κ3) is 6.04. The highest BCUT2D eigenvalue weighted by Gasteiger charge is 2.20. The first kappa shape index (κ1) is 35.7. The second-order valence-electron chi connectivity index (χ2n) is 16.1. The third-order valence-corrected chi connectivity index (χ3v) is 12.5. The first-order valence-electron chi connectivity index (χ1n) is 21.3. The van der Waals surface area contributed by atoms with Gasteiger partial charge in [-0.2, -0.15) is 0 Å². The van der Waals surface area contributed by atoms with Crippen molar-refractivity contribution in [1.82, 2.24) is 4.57 Å². The lowest BCUT2D eigenvalue weighted by Crippen LogP contribution is -2.10. The molecular formula is C60H40N2. The number of rotatable bonds is 7. The molecule has 0 saturated heterocycles. The number of hydrogen-bond acceptors (Lipinski definition) is 1. The van der Waals surface area contributed by atoms with E-state index in [9.17, 15) is 0 Å². The van der Waals surface area contributed by atoms with Gasteiger partial charge in [-0.15, -0.1) is 0 Å². The zero-order valence-electron chi connectivity index (χ0n) is 34.0. The molecule has 0 aliphatic rings. The average molecular weight is 789 g/mol. The number of para-hydroxylation sites is 3. The second-order valence-corrected chi connectivity index (χ2v) is 16.1. The smallest absolute Gasteiger partial charge is 0.0541 e. The summed E-state index contributed by atoms with van der Waals surface area (Å²) >= 11 is 0. The lowest BCUT2D eigenvalue weighted by molar-refractivity contribution is 1.18. The van der Waals surface area contributed by atoms with Gasteiger partial charge in [-0.25, -0.2) is 0 Å². The molecule has 0 aliphatic heterocycles. The van der Waals surface area contributed by atoms with Gasteiger partial charge in [0.25, 0.3) is 0 Å². The van der Waals surface area contributed by atoms with Gasteiger partial charge in [-0.3, -0.25) is 0 Å². The van der Waals surface area contributed by atoms with E-state index in [-0.39, 0.29) is 0 Å². The summed E-state index contributed by atoms with van der Waals surface area (Å²) in [5.41, 5.74) is 13.9. The van der Waals surface area contributed by atoms with Crippen molar-refractivity contribution < 1.29 is 0 Å². The number of fused-ring (bicyclic) bond motifs is 7. The van der Waals surface area contributed by atoms with E-state index in [1.807, 2.05) is 0 Å². The Balaban J connectivity index is 1.06. The van der Waals surface area contributed by atoms with Crippen LogP contribution in [0.5, 0.6) is 0 Å². The largest absolute Gasteiger partial charge is 0.310 e. The maximum Gasteiger partial charge on any atom is 0.0541 e. The molecule has 0 aliphatic carbocycles. The Bertz CT molecular complexity index is 3580. The summed E-state index contributed by atoms with van der Waals surface area (Å²) in [6.45, 7) is 0. The summed E-state index contributed by atoms with van der Waals surface area (Å²) in [5, 5.41) is 9.97. The fraction of sp³-hybridized carbons (Fsp3) is 0. The van der Waals surface area contributed by atoms with Crippen molar-refractivity contribution in [1.29, 1.82) is 0 Å². The SMILES string of the molecule is c1ccc(N(c2ccc(-c3ccc4ccccc4c3)cc2)c2ccc(-c3cccc(-n4c5ccccc5c5ccccc54)c3)c(-c3cc4ccccc4c4ccccc34)c2)cc1. The van der Waals surface area contributed by atoms with Crippen LogP contribution in [0.25, 0.3) is 93.2 Å². The minimum atomic E-state index is 1.09. The molecule has 62 heavy (non-hydrogen) atoms. The van der Waals surface area contributed by atoms with Crippen LogP contribution in [0.1, 0.15) is 0 Å². The van der Waals surface area contributed by atoms with Gasteiger partial charge < -0.3 is 9.47 Å². The van der Waals surface area contributed by atoms with Crippen LogP contribution in [0.15, 0.2) is 243 Å². The predicted molar refractivity (Wildman–Crippen MR) is 264 cm³/mol. The summed E-state index contributed by atoms with van der Waals surface area (Å²) in [7, 11) is 0. The maximum absolute atomic E-state index is 2.41. The molecule has 12 aromatic rings. The van der Waals surface area contributed by atoms with E-state index in [1.165, 1.54) is 81.9 Å². The Morgan fingerprint density at radius 3 is 1.60 bits per heavy atom. The number of anilines is 3. The Hall–Kier alpha value is -8.20. The molecule has 11 aromatic carbocycles. The van der Waals surface area contributed by atoms with E-state index >= 15 is 0 Å². The Labute approximate surface area is 360 Å². The summed E-state index contributed by atoms with van der Waals surface area (Å²) < 4.78 is 2.41. The minimum absolute atomic E-state index is 1.09. The van der Waals surface area contributed by atoms with Crippen LogP contribution >= 0.6 is 0 Å². The zero-order valence-corrected chi connectivity index (χ0v) is 34.0. The highest BCUT2D eigenvalue weighted by molar-refractivity contribution is 6.15. The van der Waals surface area contributed by atoms with Crippen LogP contribution in [0.4, 0.5) is 17.1 Å². The lowest BCUT2D eigenvalue weighted by Gasteiger charge is -2.27. The molecule has 0 bridgehead atoms. The van der Waals surface area contributed by atoms with Crippen molar-refractivity contribution in [3.63, 3.8) is 0 Å². The van der Waals surface area contributed by atoms with Gasteiger partial charge in [-0.1, -0.05) is 170 Å². The van der Waals surface area contributed by atoms with Crippen LogP contribution < -0.4 is 4.90 Å². The normalized spacial score (nSPS) is 11.5. The van der Waals surface area contributed by atoms with E-state index in [0.29, 0.717) is 0 Å². The van der Waals surface area contributed by atoms with Crippen LogP contribution in [0, 0.1) is 0 Å². The Morgan fingerprint density at radius 1 is 0.258 bits per heavy atom. The van der Waals surface area contributed by atoms with Crippen molar-refractivity contribution in [3.05, 3.63) is 243 Å². The van der Waals surface area contributed by atoms with E-state index < -0.39 is 0 Å². The topological polar surface area (TPSA) is 8.17 Å². The van der Waals surface area contributed by atoms with Gasteiger partial charge >= 0.3 is 0 Å². The molecule has 1 aromatic heterocycles. The molecule has 2 nitrogen and oxygen atoms in total. The fourth-order valence-electron chi connectivity index (χ4n) is 9.63. The van der Waals surface area contributed by atoms with Gasteiger partial charge in [-0.05, 0) is 138 Å². The molecular weight excluding hydrogens is 749 g/mol. The Kier molecular flexibility index (Phi) is 8.53. The van der Waals surface area contributed by atoms with Gasteiger partial charge in [0.15, 0.2) is 0 Å². The molecule has 0 fully saturated rings. The fourth-order valence-corrected chi connectivity index (χ4v) is 9.63. The minimum Gasteiger partial charge on any atom is -0.310 e. The van der Waals surface area contributed by atoms with E-state index in [0.717, 1.165) is 28.3 Å². The second kappa shape index (κ2) is 14.8. The van der Waals surface area contributed by atoms with Crippen molar-refractivity contribution in [2.24, 2.45) is 0 Å². The average Bonchev–Trinajstić information content (AvgIpc) is 3.69. The van der Waals surface area contributed by atoms with Crippen molar-refractivity contribution in [2.75, 3.05) is 4.90 Å². The highest BCUT2D eigenvalue weighted by Crippen LogP contribution is 2.45. The van der Waals surface area contributed by atoms with Crippen molar-refractivity contribution >= 4 is 71.2 Å². The van der Waals surface area contributed by atoms with E-state index in [4.69, 9.17) is 0 Å². The van der Waals surface area contributed by atoms with Gasteiger partial charge in [0.05, 0.1) is 11.0 Å². The standard InChI is InChI=1S/C60H40N2/c1-2-19-47(20-3-1)61(48-33-31-42(32-34-48)44-30-29-41-15-4-5-16-43(41)37-44)50-35-36-52(58(40-50)57-39-46-17-6-7-22-51(46)53-23-8-9-24-54(53)57)45-18-14-21-49(38-45)62-59-27-12-10-25-55(59)56-26-11-13-28-60(56)62/h1-40H. The molecule has 0 radical (unpaired) electrons. The lowest BCUT2D eigenvalue weighted by atomic mass is 9.88. The molecule has 0 atom stereocenters. The van der Waals surface area contributed by atoms with Crippen LogP contribution in [-0.4, -0.2) is 4.57 Å². The molecule has 2 heteroatoms. The van der Waals surface area contributed by atoms with Crippen LogP contribution in [0.3, 0.4) is 0 Å². The monoisotopic (exact) mass is 788 g/mol. The number of aromatic nitrogens is 1. The van der Waals surface area contributed by atoms with Crippen molar-refractivity contribution in [3.8, 4) is 39.1 Å². The van der Waals surface area contributed by atoms with Crippen LogP contribution in [0.2, 0.25) is 0 Å². The van der Waals surface area contributed by atoms with Gasteiger partial charge in [0.2, 0.25) is 0 Å². The third-order valence-electron chi connectivity index (χ3n) is 12.5. The van der Waals surface area contributed by atoms with Crippen LogP contribution in [-0.2, 0) is 0 Å². The molecule has 0 unspecified atom stereocenters. The number of nitrogens with zero attached hydrogens (tertiary/aromatic N) is 2. The molecule has 1 heterocycles. The molecule has 290 valence electrons. The van der Waals surface area contributed by atoms with Crippen molar-refractivity contribution in [2.45, 2.75) is 0 Å². The number of hydrogen-bond donors (Lipinski definition) is 0. The summed E-state index contributed by atoms with van der Waals surface area (Å²) in [5.74, 6) is 0. The molecule has 0 N–H and O–H groups in total. The molecule has 0 amide bonds. The Morgan fingerprint density at radius 2 is 0.839 bits per heavy atom. The molecule has 0 spiro atoms. The first-order chi connectivity index (χ1) is 30.7. The first-order valence-corrected chi connectivity index (χ1v) is 21.3. The van der Waals surface area contributed by atoms with Gasteiger partial charge in [0.1, 0.15) is 0 Å². The number of benzene rings is 11. The van der Waals surface area contributed by atoms with E-state index in [2.05, 4.69) is 252 Å². The maximum atomic E-state index is 2.41. The summed E-state index contributed by atoms with van der Waals surface area (Å²) in [4.78, 5) is 2.38. The predicted octanol–water partition coefficient (Wildman–Crippen LogP) is 16.7. The molecule has 0 saturated carbocycles. The quantitative estimate of drug-likeness (QED) is 0.146. The highest BCUT2D eigenvalue weighted by atomic mass is 15.1. The van der Waals surface area contributed by atoms with E-state index in [1.54, 1.807) is 0 Å². The molecule has 12 rings (SSSR count). The summed E-state index contributed by atoms with van der Waals surface area (Å²) in [6, 6.07) is 88.6. The van der Waals surface area contributed by atoms with Gasteiger partial charge in [0, 0.05) is 33.5 Å². The summed E-state index contributed by atoms with van der Waals surface area (Å²) in [6.07, 6.45) is 0.